The maximum Gasteiger partial charge on any atom is 0.0494 e. The summed E-state index contributed by atoms with van der Waals surface area (Å²) >= 11 is 9.35. The van der Waals surface area contributed by atoms with Crippen molar-refractivity contribution in [1.82, 2.24) is 0 Å². The molecule has 1 aromatic carbocycles. The maximum atomic E-state index is 5.90. The largest absolute Gasteiger partial charge is 0.374 e. The highest BCUT2D eigenvalue weighted by atomic mass is 79.9. The minimum absolute atomic E-state index is 0.558. The molecule has 1 nitrogen and oxygen atoms in total. The molecule has 1 rings (SSSR count). The van der Waals surface area contributed by atoms with E-state index in [0.717, 1.165) is 17.4 Å². The normalized spacial score (nSPS) is 10.3. The van der Waals surface area contributed by atoms with Crippen LogP contribution in [0, 0.1) is 0 Å². The molecule has 3 heteroatoms. The first kappa shape index (κ1) is 11.9. The van der Waals surface area contributed by atoms with Crippen molar-refractivity contribution in [2.24, 2.45) is 0 Å². The van der Waals surface area contributed by atoms with Crippen LogP contribution in [-0.4, -0.2) is 13.6 Å². The molecule has 0 heterocycles. The van der Waals surface area contributed by atoms with Gasteiger partial charge in [0.15, 0.2) is 0 Å². The molecule has 0 atom stereocenters. The lowest BCUT2D eigenvalue weighted by Gasteiger charge is -2.21. The van der Waals surface area contributed by atoms with E-state index in [1.807, 2.05) is 0 Å². The molecule has 0 N–H and O–H groups in total. The van der Waals surface area contributed by atoms with Crippen molar-refractivity contribution >= 4 is 33.2 Å². The van der Waals surface area contributed by atoms with E-state index in [-0.39, 0.29) is 0 Å². The van der Waals surface area contributed by atoms with Crippen molar-refractivity contribution in [3.05, 3.63) is 28.2 Å². The minimum atomic E-state index is 0.558. The Balaban J connectivity index is 2.95. The summed E-state index contributed by atoms with van der Waals surface area (Å²) in [4.78, 5) is 2.24. The van der Waals surface area contributed by atoms with Gasteiger partial charge in [-0.3, -0.25) is 0 Å². The van der Waals surface area contributed by atoms with Gasteiger partial charge >= 0.3 is 0 Å². The third-order valence-corrected chi connectivity index (χ3v) is 2.94. The summed E-state index contributed by atoms with van der Waals surface area (Å²) in [5.74, 6) is 0.558. The average Bonchev–Trinajstić information content (AvgIpc) is 2.17. The summed E-state index contributed by atoms with van der Waals surface area (Å²) < 4.78 is 1.08. The van der Waals surface area contributed by atoms with E-state index >= 15 is 0 Å². The summed E-state index contributed by atoms with van der Waals surface area (Å²) in [7, 11) is 2.10. The zero-order valence-corrected chi connectivity index (χ0v) is 10.9. The van der Waals surface area contributed by atoms with Crippen molar-refractivity contribution in [3.63, 3.8) is 0 Å². The average molecular weight is 277 g/mol. The van der Waals surface area contributed by atoms with Crippen molar-refractivity contribution in [2.75, 3.05) is 18.5 Å². The standard InChI is InChI=1S/C11H15BrClN/c1-3-6-14(2)11-5-4-10(12)7-9(11)8-13/h4-5,7H,3,6,8H2,1-2H3. The highest BCUT2D eigenvalue weighted by Crippen LogP contribution is 2.25. The van der Waals surface area contributed by atoms with Gasteiger partial charge in [0, 0.05) is 29.6 Å². The lowest BCUT2D eigenvalue weighted by molar-refractivity contribution is 0.848. The number of alkyl halides is 1. The minimum Gasteiger partial charge on any atom is -0.374 e. The highest BCUT2D eigenvalue weighted by Gasteiger charge is 2.06. The maximum absolute atomic E-state index is 5.90. The molecule has 0 amide bonds. The zero-order valence-electron chi connectivity index (χ0n) is 8.56. The molecule has 78 valence electrons. The fraction of sp³-hybridized carbons (Fsp3) is 0.455. The molecule has 0 fully saturated rings. The first-order valence-corrected chi connectivity index (χ1v) is 6.07. The van der Waals surface area contributed by atoms with Gasteiger partial charge in [-0.25, -0.2) is 0 Å². The summed E-state index contributed by atoms with van der Waals surface area (Å²) in [6.45, 7) is 3.24. The van der Waals surface area contributed by atoms with Crippen LogP contribution < -0.4 is 4.90 Å². The topological polar surface area (TPSA) is 3.24 Å². The molecule has 0 saturated heterocycles. The van der Waals surface area contributed by atoms with Gasteiger partial charge in [-0.1, -0.05) is 22.9 Å². The van der Waals surface area contributed by atoms with E-state index in [1.54, 1.807) is 0 Å². The Kier molecular flexibility index (Phi) is 4.76. The van der Waals surface area contributed by atoms with Crippen LogP contribution in [0.15, 0.2) is 22.7 Å². The summed E-state index contributed by atoms with van der Waals surface area (Å²) in [6, 6.07) is 6.24. The monoisotopic (exact) mass is 275 g/mol. The van der Waals surface area contributed by atoms with Crippen molar-refractivity contribution in [2.45, 2.75) is 19.2 Å². The molecule has 0 unspecified atom stereocenters. The van der Waals surface area contributed by atoms with Crippen LogP contribution in [0.3, 0.4) is 0 Å². The molecule has 0 radical (unpaired) electrons. The van der Waals surface area contributed by atoms with Crippen LogP contribution in [0.1, 0.15) is 18.9 Å². The van der Waals surface area contributed by atoms with Crippen LogP contribution in [0.4, 0.5) is 5.69 Å². The molecule has 0 aromatic heterocycles. The molecule has 0 aliphatic heterocycles. The molecule has 0 bridgehead atoms. The van der Waals surface area contributed by atoms with E-state index < -0.39 is 0 Å². The van der Waals surface area contributed by atoms with E-state index in [0.29, 0.717) is 5.88 Å². The van der Waals surface area contributed by atoms with Gasteiger partial charge in [-0.2, -0.15) is 0 Å². The molecule has 0 spiro atoms. The van der Waals surface area contributed by atoms with Gasteiger partial charge < -0.3 is 4.90 Å². The first-order valence-electron chi connectivity index (χ1n) is 4.74. The van der Waals surface area contributed by atoms with Gasteiger partial charge in [-0.15, -0.1) is 11.6 Å². The first-order chi connectivity index (χ1) is 6.69. The lowest BCUT2D eigenvalue weighted by Crippen LogP contribution is -2.18. The van der Waals surface area contributed by atoms with Crippen molar-refractivity contribution in [1.29, 1.82) is 0 Å². The number of halogens is 2. The molecule has 1 aromatic rings. The quantitative estimate of drug-likeness (QED) is 0.750. The number of anilines is 1. The second kappa shape index (κ2) is 5.62. The smallest absolute Gasteiger partial charge is 0.0494 e. The number of hydrogen-bond donors (Lipinski definition) is 0. The molecular formula is C11H15BrClN. The van der Waals surface area contributed by atoms with E-state index in [9.17, 15) is 0 Å². The van der Waals surface area contributed by atoms with Gasteiger partial charge in [0.05, 0.1) is 0 Å². The van der Waals surface area contributed by atoms with Crippen LogP contribution in [0.25, 0.3) is 0 Å². The Morgan fingerprint density at radius 1 is 1.43 bits per heavy atom. The molecule has 0 aliphatic carbocycles. The fourth-order valence-corrected chi connectivity index (χ4v) is 2.11. The molecule has 0 aliphatic rings. The third-order valence-electron chi connectivity index (χ3n) is 2.16. The van der Waals surface area contributed by atoms with Crippen molar-refractivity contribution in [3.8, 4) is 0 Å². The van der Waals surface area contributed by atoms with Crippen LogP contribution in [-0.2, 0) is 5.88 Å². The van der Waals surface area contributed by atoms with Gasteiger partial charge in [0.1, 0.15) is 0 Å². The Hall–Kier alpha value is -0.210. The predicted molar refractivity (Wildman–Crippen MR) is 67.3 cm³/mol. The summed E-state index contributed by atoms with van der Waals surface area (Å²) in [5.41, 5.74) is 2.40. The molecular weight excluding hydrogens is 261 g/mol. The number of hydrogen-bond acceptors (Lipinski definition) is 1. The number of rotatable bonds is 4. The van der Waals surface area contributed by atoms with Crippen LogP contribution >= 0.6 is 27.5 Å². The van der Waals surface area contributed by atoms with Gasteiger partial charge in [0.25, 0.3) is 0 Å². The van der Waals surface area contributed by atoms with E-state index in [1.165, 1.54) is 11.3 Å². The zero-order chi connectivity index (χ0) is 10.6. The third kappa shape index (κ3) is 2.89. The Labute approximate surface area is 99.2 Å². The Morgan fingerprint density at radius 3 is 2.71 bits per heavy atom. The van der Waals surface area contributed by atoms with Crippen LogP contribution in [0.2, 0.25) is 0 Å². The van der Waals surface area contributed by atoms with Crippen LogP contribution in [0.5, 0.6) is 0 Å². The Bertz CT molecular complexity index is 301. The predicted octanol–water partition coefficient (Wildman–Crippen LogP) is 4.03. The fourth-order valence-electron chi connectivity index (χ4n) is 1.49. The van der Waals surface area contributed by atoms with Gasteiger partial charge in [-0.05, 0) is 30.2 Å². The molecule has 14 heavy (non-hydrogen) atoms. The van der Waals surface area contributed by atoms with Crippen molar-refractivity contribution < 1.29 is 0 Å². The highest BCUT2D eigenvalue weighted by molar-refractivity contribution is 9.10. The SMILES string of the molecule is CCCN(C)c1ccc(Br)cc1CCl. The second-order valence-corrected chi connectivity index (χ2v) is 4.51. The van der Waals surface area contributed by atoms with Gasteiger partial charge in [0.2, 0.25) is 0 Å². The number of benzene rings is 1. The summed E-state index contributed by atoms with van der Waals surface area (Å²) in [5, 5.41) is 0. The second-order valence-electron chi connectivity index (χ2n) is 3.33. The van der Waals surface area contributed by atoms with E-state index in [2.05, 4.69) is 53.0 Å². The molecule has 0 saturated carbocycles. The summed E-state index contributed by atoms with van der Waals surface area (Å²) in [6.07, 6.45) is 1.15. The lowest BCUT2D eigenvalue weighted by atomic mass is 10.2. The van der Waals surface area contributed by atoms with E-state index in [4.69, 9.17) is 11.6 Å². The Morgan fingerprint density at radius 2 is 2.14 bits per heavy atom. The number of nitrogens with zero attached hydrogens (tertiary/aromatic N) is 1.